The lowest BCUT2D eigenvalue weighted by Crippen LogP contribution is -2.34. The van der Waals surface area contributed by atoms with E-state index in [1.165, 1.54) is 19.3 Å². The summed E-state index contributed by atoms with van der Waals surface area (Å²) in [5, 5.41) is 9.46. The fourth-order valence-electron chi connectivity index (χ4n) is 2.52. The van der Waals surface area contributed by atoms with Crippen LogP contribution in [0, 0.1) is 5.92 Å². The van der Waals surface area contributed by atoms with Gasteiger partial charge in [0.15, 0.2) is 0 Å². The molecule has 1 aliphatic rings. The van der Waals surface area contributed by atoms with Crippen LogP contribution in [0.4, 0.5) is 0 Å². The Morgan fingerprint density at radius 3 is 2.65 bits per heavy atom. The predicted molar refractivity (Wildman–Crippen MR) is 69.7 cm³/mol. The van der Waals surface area contributed by atoms with Gasteiger partial charge in [-0.05, 0) is 19.3 Å². The fourth-order valence-corrected chi connectivity index (χ4v) is 2.52. The van der Waals surface area contributed by atoms with E-state index in [-0.39, 0.29) is 17.9 Å². The first-order valence-electron chi connectivity index (χ1n) is 7.15. The van der Waals surface area contributed by atoms with Gasteiger partial charge in [0.1, 0.15) is 0 Å². The van der Waals surface area contributed by atoms with Crippen molar-refractivity contribution in [3.63, 3.8) is 0 Å². The number of hydrogen-bond donors (Lipinski definition) is 1. The molecule has 1 rings (SSSR count). The van der Waals surface area contributed by atoms with Crippen LogP contribution in [0.25, 0.3) is 0 Å². The Hall–Kier alpha value is -0.570. The van der Waals surface area contributed by atoms with Crippen molar-refractivity contribution in [1.82, 2.24) is 4.90 Å². The summed E-state index contributed by atoms with van der Waals surface area (Å²) in [4.78, 5) is 14.0. The minimum atomic E-state index is -0.295. The molecule has 1 N–H and O–H groups in total. The number of unbranched alkanes of at least 4 members (excludes halogenated alkanes) is 3. The molecule has 0 aliphatic carbocycles. The van der Waals surface area contributed by atoms with E-state index in [0.717, 1.165) is 32.2 Å². The highest BCUT2D eigenvalue weighted by Crippen LogP contribution is 2.20. The molecule has 0 aromatic heterocycles. The molecule has 1 amide bonds. The zero-order valence-corrected chi connectivity index (χ0v) is 11.3. The van der Waals surface area contributed by atoms with Crippen LogP contribution in [0.1, 0.15) is 58.8 Å². The molecule has 3 nitrogen and oxygen atoms in total. The molecule has 2 atom stereocenters. The molecule has 100 valence electrons. The minimum absolute atomic E-state index is 0.178. The zero-order chi connectivity index (χ0) is 12.7. The van der Waals surface area contributed by atoms with E-state index in [1.54, 1.807) is 0 Å². The average Bonchev–Trinajstić information content (AvgIpc) is 2.75. The van der Waals surface area contributed by atoms with Crippen molar-refractivity contribution >= 4 is 5.91 Å². The second-order valence-electron chi connectivity index (χ2n) is 5.18. The number of carbonyl (C=O) groups is 1. The van der Waals surface area contributed by atoms with Crippen LogP contribution < -0.4 is 0 Å². The van der Waals surface area contributed by atoms with Crippen molar-refractivity contribution in [1.29, 1.82) is 0 Å². The maximum atomic E-state index is 12.2. The Morgan fingerprint density at radius 2 is 2.12 bits per heavy atom. The first-order valence-corrected chi connectivity index (χ1v) is 7.15. The highest BCUT2D eigenvalue weighted by atomic mass is 16.3. The molecule has 1 heterocycles. The largest absolute Gasteiger partial charge is 0.391 e. The molecular weight excluding hydrogens is 214 g/mol. The number of amides is 1. The predicted octanol–water partition coefficient (Wildman–Crippen LogP) is 2.58. The molecule has 17 heavy (non-hydrogen) atoms. The smallest absolute Gasteiger partial charge is 0.225 e. The summed E-state index contributed by atoms with van der Waals surface area (Å²) >= 11 is 0. The third kappa shape index (κ3) is 4.66. The monoisotopic (exact) mass is 241 g/mol. The molecule has 1 saturated heterocycles. The molecule has 0 spiro atoms. The first kappa shape index (κ1) is 14.5. The molecule has 1 fully saturated rings. The maximum Gasteiger partial charge on any atom is 0.225 e. The number of β-amino-alcohol motifs (C(OH)–C–C–N with tert-alkyl or cyclic N) is 1. The second kappa shape index (κ2) is 7.70. The molecule has 0 radical (unpaired) electrons. The van der Waals surface area contributed by atoms with Crippen LogP contribution in [0.3, 0.4) is 0 Å². The molecule has 1 unspecified atom stereocenters. The van der Waals surface area contributed by atoms with Crippen molar-refractivity contribution in [3.8, 4) is 0 Å². The third-order valence-corrected chi connectivity index (χ3v) is 3.72. The Bertz CT molecular complexity index is 230. The number of nitrogens with zero attached hydrogens (tertiary/aromatic N) is 1. The Labute approximate surface area is 105 Å². The number of rotatable bonds is 7. The fraction of sp³-hybridized carbons (Fsp3) is 0.929. The maximum absolute atomic E-state index is 12.2. The zero-order valence-electron chi connectivity index (χ0n) is 11.3. The highest BCUT2D eigenvalue weighted by molar-refractivity contribution is 5.79. The highest BCUT2D eigenvalue weighted by Gasteiger charge is 2.28. The first-order chi connectivity index (χ1) is 8.19. The van der Waals surface area contributed by atoms with Crippen LogP contribution in [0.15, 0.2) is 0 Å². The van der Waals surface area contributed by atoms with E-state index in [9.17, 15) is 9.90 Å². The summed E-state index contributed by atoms with van der Waals surface area (Å²) in [6, 6.07) is 0. The second-order valence-corrected chi connectivity index (χ2v) is 5.18. The van der Waals surface area contributed by atoms with Crippen molar-refractivity contribution in [2.45, 2.75) is 64.9 Å². The van der Waals surface area contributed by atoms with Gasteiger partial charge in [0.2, 0.25) is 5.91 Å². The normalized spacial score (nSPS) is 21.8. The lowest BCUT2D eigenvalue weighted by molar-refractivity contribution is -0.135. The summed E-state index contributed by atoms with van der Waals surface area (Å²) < 4.78 is 0. The van der Waals surface area contributed by atoms with Gasteiger partial charge in [-0.3, -0.25) is 4.79 Å². The van der Waals surface area contributed by atoms with Gasteiger partial charge < -0.3 is 10.0 Å². The van der Waals surface area contributed by atoms with Gasteiger partial charge in [0.05, 0.1) is 6.10 Å². The van der Waals surface area contributed by atoms with Gasteiger partial charge in [-0.1, -0.05) is 39.5 Å². The Balaban J connectivity index is 2.30. The van der Waals surface area contributed by atoms with Gasteiger partial charge in [-0.25, -0.2) is 0 Å². The molecule has 0 aromatic carbocycles. The van der Waals surface area contributed by atoms with E-state index in [4.69, 9.17) is 0 Å². The quantitative estimate of drug-likeness (QED) is 0.696. The number of aliphatic hydroxyl groups excluding tert-OH is 1. The standard InChI is InChI=1S/C14H27NO2/c1-3-5-6-7-8-12(4-2)14(17)15-10-9-13(16)11-15/h12-13,16H,3-11H2,1-2H3/t12?,13-/m0/s1. The van der Waals surface area contributed by atoms with Crippen LogP contribution >= 0.6 is 0 Å². The SMILES string of the molecule is CCCCCCC(CC)C(=O)N1CC[C@H](O)C1. The van der Waals surface area contributed by atoms with Crippen molar-refractivity contribution in [2.75, 3.05) is 13.1 Å². The number of aliphatic hydroxyl groups is 1. The summed E-state index contributed by atoms with van der Waals surface area (Å²) in [5.41, 5.74) is 0. The topological polar surface area (TPSA) is 40.5 Å². The lowest BCUT2D eigenvalue weighted by atomic mass is 9.97. The third-order valence-electron chi connectivity index (χ3n) is 3.72. The van der Waals surface area contributed by atoms with Crippen LogP contribution in [0.2, 0.25) is 0 Å². The molecular formula is C14H27NO2. The van der Waals surface area contributed by atoms with Crippen LogP contribution in [-0.4, -0.2) is 35.1 Å². The van der Waals surface area contributed by atoms with E-state index in [2.05, 4.69) is 13.8 Å². The Kier molecular flexibility index (Phi) is 6.56. The molecule has 0 aromatic rings. The van der Waals surface area contributed by atoms with E-state index in [0.29, 0.717) is 6.54 Å². The average molecular weight is 241 g/mol. The number of carbonyl (C=O) groups excluding carboxylic acids is 1. The summed E-state index contributed by atoms with van der Waals surface area (Å²) in [6.45, 7) is 5.58. The molecule has 1 aliphatic heterocycles. The number of hydrogen-bond acceptors (Lipinski definition) is 2. The van der Waals surface area contributed by atoms with E-state index < -0.39 is 0 Å². The van der Waals surface area contributed by atoms with Gasteiger partial charge >= 0.3 is 0 Å². The van der Waals surface area contributed by atoms with Gasteiger partial charge in [0, 0.05) is 19.0 Å². The Morgan fingerprint density at radius 1 is 1.35 bits per heavy atom. The van der Waals surface area contributed by atoms with Crippen LogP contribution in [0.5, 0.6) is 0 Å². The summed E-state index contributed by atoms with van der Waals surface area (Å²) in [5.74, 6) is 0.442. The molecule has 3 heteroatoms. The lowest BCUT2D eigenvalue weighted by Gasteiger charge is -2.22. The van der Waals surface area contributed by atoms with Crippen molar-refractivity contribution in [2.24, 2.45) is 5.92 Å². The van der Waals surface area contributed by atoms with E-state index >= 15 is 0 Å². The molecule has 0 bridgehead atoms. The van der Waals surface area contributed by atoms with E-state index in [1.807, 2.05) is 4.90 Å². The summed E-state index contributed by atoms with van der Waals surface area (Å²) in [7, 11) is 0. The minimum Gasteiger partial charge on any atom is -0.391 e. The van der Waals surface area contributed by atoms with Crippen molar-refractivity contribution in [3.05, 3.63) is 0 Å². The molecule has 0 saturated carbocycles. The number of likely N-dealkylation sites (tertiary alicyclic amines) is 1. The van der Waals surface area contributed by atoms with Gasteiger partial charge in [-0.2, -0.15) is 0 Å². The van der Waals surface area contributed by atoms with Crippen molar-refractivity contribution < 1.29 is 9.90 Å². The summed E-state index contributed by atoms with van der Waals surface area (Å²) in [6.07, 6.45) is 7.31. The van der Waals surface area contributed by atoms with Crippen LogP contribution in [-0.2, 0) is 4.79 Å². The van der Waals surface area contributed by atoms with Gasteiger partial charge in [0.25, 0.3) is 0 Å². The van der Waals surface area contributed by atoms with Gasteiger partial charge in [-0.15, -0.1) is 0 Å².